The second-order valence-corrected chi connectivity index (χ2v) is 6.74. The predicted molar refractivity (Wildman–Crippen MR) is 89.0 cm³/mol. The predicted octanol–water partition coefficient (Wildman–Crippen LogP) is 5.28. The van der Waals surface area contributed by atoms with Gasteiger partial charge >= 0.3 is 6.18 Å². The number of carbonyl (C=O) groups excluding carboxylic acids is 1. The normalized spacial score (nSPS) is 12.2. The largest absolute Gasteiger partial charge is 0.493 e. The van der Waals surface area contributed by atoms with Crippen LogP contribution in [0.4, 0.5) is 18.9 Å². The molecule has 24 heavy (non-hydrogen) atoms. The lowest BCUT2D eigenvalue weighted by molar-refractivity contribution is -0.139. The molecule has 134 valence electrons. The van der Waals surface area contributed by atoms with Gasteiger partial charge < -0.3 is 10.1 Å². The third-order valence-electron chi connectivity index (χ3n) is 3.38. The highest BCUT2D eigenvalue weighted by Crippen LogP contribution is 2.38. The first-order valence-electron chi connectivity index (χ1n) is 7.73. The summed E-state index contributed by atoms with van der Waals surface area (Å²) in [5.41, 5.74) is -1.57. The summed E-state index contributed by atoms with van der Waals surface area (Å²) in [6, 6.07) is 3.55. The number of hydrogen-bond donors (Lipinski definition) is 1. The maximum absolute atomic E-state index is 13.2. The molecule has 1 aromatic rings. The number of carbonyl (C=O) groups is 1. The van der Waals surface area contributed by atoms with Crippen LogP contribution in [0.2, 0.25) is 0 Å². The van der Waals surface area contributed by atoms with Gasteiger partial charge in [0.15, 0.2) is 0 Å². The van der Waals surface area contributed by atoms with Crippen molar-refractivity contribution in [2.75, 3.05) is 11.9 Å². The van der Waals surface area contributed by atoms with Crippen LogP contribution in [0.1, 0.15) is 39.7 Å². The van der Waals surface area contributed by atoms with Crippen LogP contribution >= 0.6 is 0 Å². The Bertz CT molecular complexity index is 592. The molecule has 0 atom stereocenters. The lowest BCUT2D eigenvalue weighted by atomic mass is 9.88. The van der Waals surface area contributed by atoms with E-state index in [1.165, 1.54) is 12.1 Å². The van der Waals surface area contributed by atoms with Crippen molar-refractivity contribution < 1.29 is 22.7 Å². The molecular formula is C18H24F3NO2. The molecule has 0 spiro atoms. The number of allylic oxidation sites excluding steroid dienone is 1. The molecule has 0 aliphatic rings. The van der Waals surface area contributed by atoms with Crippen molar-refractivity contribution in [2.45, 2.75) is 40.3 Å². The molecule has 0 saturated carbocycles. The van der Waals surface area contributed by atoms with E-state index in [1.54, 1.807) is 19.9 Å². The molecule has 0 unspecified atom stereocenters. The number of alkyl halides is 3. The number of hydrogen-bond acceptors (Lipinski definition) is 2. The van der Waals surface area contributed by atoms with Gasteiger partial charge in [-0.1, -0.05) is 33.8 Å². The Kier molecular flexibility index (Phi) is 6.46. The molecule has 0 aromatic heterocycles. The van der Waals surface area contributed by atoms with Crippen molar-refractivity contribution in [1.82, 2.24) is 0 Å². The zero-order chi connectivity index (χ0) is 18.5. The zero-order valence-corrected chi connectivity index (χ0v) is 14.5. The number of anilines is 1. The topological polar surface area (TPSA) is 38.3 Å². The lowest BCUT2D eigenvalue weighted by Crippen LogP contribution is -2.30. The van der Waals surface area contributed by atoms with E-state index < -0.39 is 17.2 Å². The van der Waals surface area contributed by atoms with Crippen molar-refractivity contribution in [3.8, 4) is 5.75 Å². The summed E-state index contributed by atoms with van der Waals surface area (Å²) in [4.78, 5) is 12.2. The number of halogens is 3. The van der Waals surface area contributed by atoms with Crippen LogP contribution in [0, 0.1) is 11.3 Å². The molecule has 1 N–H and O–H groups in total. The highest BCUT2D eigenvalue weighted by Gasteiger charge is 2.35. The van der Waals surface area contributed by atoms with Crippen molar-refractivity contribution in [3.05, 3.63) is 36.4 Å². The SMILES string of the molecule is C=CCC(C)(C)C(=O)Nc1ccc(OCC(C)C)c(C(F)(F)F)c1. The van der Waals surface area contributed by atoms with Crippen LogP contribution < -0.4 is 10.1 Å². The minimum atomic E-state index is -4.57. The Hall–Kier alpha value is -1.98. The standard InChI is InChI=1S/C18H24F3NO2/c1-6-9-17(4,5)16(23)22-13-7-8-15(24-11-12(2)3)14(10-13)18(19,20)21/h6-8,10,12H,1,9,11H2,2-5H3,(H,22,23). The number of benzene rings is 1. The average molecular weight is 343 g/mol. The van der Waals surface area contributed by atoms with Gasteiger partial charge in [0.25, 0.3) is 0 Å². The smallest absolute Gasteiger partial charge is 0.420 e. The second-order valence-electron chi connectivity index (χ2n) is 6.74. The van der Waals surface area contributed by atoms with Gasteiger partial charge in [0.05, 0.1) is 12.2 Å². The molecule has 1 aromatic carbocycles. The number of rotatable bonds is 7. The minimum absolute atomic E-state index is 0.0846. The van der Waals surface area contributed by atoms with E-state index in [0.717, 1.165) is 6.07 Å². The molecule has 0 aliphatic heterocycles. The quantitative estimate of drug-likeness (QED) is 0.684. The summed E-state index contributed by atoms with van der Waals surface area (Å²) in [5, 5.41) is 2.53. The summed E-state index contributed by atoms with van der Waals surface area (Å²) in [5.74, 6) is -0.504. The van der Waals surface area contributed by atoms with Crippen LogP contribution in [0.25, 0.3) is 0 Å². The van der Waals surface area contributed by atoms with E-state index in [-0.39, 0.29) is 29.9 Å². The molecule has 6 heteroatoms. The third-order valence-corrected chi connectivity index (χ3v) is 3.38. The summed E-state index contributed by atoms with van der Waals surface area (Å²) < 4.78 is 45.0. The fraction of sp³-hybridized carbons (Fsp3) is 0.500. The summed E-state index contributed by atoms with van der Waals surface area (Å²) in [6.45, 7) is 10.9. The number of amides is 1. The van der Waals surface area contributed by atoms with Gasteiger partial charge in [-0.25, -0.2) is 0 Å². The van der Waals surface area contributed by atoms with Gasteiger partial charge in [-0.15, -0.1) is 6.58 Å². The second kappa shape index (κ2) is 7.73. The molecule has 0 fully saturated rings. The third kappa shape index (κ3) is 5.58. The van der Waals surface area contributed by atoms with Gasteiger partial charge in [-0.3, -0.25) is 4.79 Å². The van der Waals surface area contributed by atoms with Crippen LogP contribution in [-0.2, 0) is 11.0 Å². The van der Waals surface area contributed by atoms with Crippen LogP contribution in [0.3, 0.4) is 0 Å². The van der Waals surface area contributed by atoms with E-state index in [0.29, 0.717) is 6.42 Å². The number of ether oxygens (including phenoxy) is 1. The molecule has 0 bridgehead atoms. The van der Waals surface area contributed by atoms with Gasteiger partial charge in [0.1, 0.15) is 5.75 Å². The maximum atomic E-state index is 13.2. The monoisotopic (exact) mass is 343 g/mol. The molecule has 1 amide bonds. The van der Waals surface area contributed by atoms with Crippen LogP contribution in [0.15, 0.2) is 30.9 Å². The van der Waals surface area contributed by atoms with E-state index >= 15 is 0 Å². The Morgan fingerprint density at radius 3 is 2.46 bits per heavy atom. The van der Waals surface area contributed by atoms with Crippen molar-refractivity contribution in [1.29, 1.82) is 0 Å². The Balaban J connectivity index is 3.06. The van der Waals surface area contributed by atoms with Crippen molar-refractivity contribution >= 4 is 11.6 Å². The molecule has 0 aliphatic carbocycles. The maximum Gasteiger partial charge on any atom is 0.420 e. The Morgan fingerprint density at radius 2 is 1.96 bits per heavy atom. The Labute approximate surface area is 140 Å². The van der Waals surface area contributed by atoms with E-state index in [4.69, 9.17) is 4.74 Å². The van der Waals surface area contributed by atoms with Gasteiger partial charge in [-0.2, -0.15) is 13.2 Å². The fourth-order valence-corrected chi connectivity index (χ4v) is 1.97. The molecule has 1 rings (SSSR count). The van der Waals surface area contributed by atoms with E-state index in [2.05, 4.69) is 11.9 Å². The molecular weight excluding hydrogens is 319 g/mol. The minimum Gasteiger partial charge on any atom is -0.493 e. The summed E-state index contributed by atoms with van der Waals surface area (Å²) >= 11 is 0. The first kappa shape index (κ1) is 20.1. The first-order chi connectivity index (χ1) is 11.0. The average Bonchev–Trinajstić information content (AvgIpc) is 2.44. The first-order valence-corrected chi connectivity index (χ1v) is 7.73. The van der Waals surface area contributed by atoms with Crippen molar-refractivity contribution in [3.63, 3.8) is 0 Å². The highest BCUT2D eigenvalue weighted by atomic mass is 19.4. The molecule has 0 heterocycles. The van der Waals surface area contributed by atoms with E-state index in [9.17, 15) is 18.0 Å². The van der Waals surface area contributed by atoms with Crippen LogP contribution in [0.5, 0.6) is 5.75 Å². The number of nitrogens with one attached hydrogen (secondary N) is 1. The summed E-state index contributed by atoms with van der Waals surface area (Å²) in [6.07, 6.45) is -2.55. The molecule has 0 saturated heterocycles. The van der Waals surface area contributed by atoms with E-state index in [1.807, 2.05) is 13.8 Å². The van der Waals surface area contributed by atoms with Gasteiger partial charge in [-0.05, 0) is 30.5 Å². The summed E-state index contributed by atoms with van der Waals surface area (Å²) in [7, 11) is 0. The zero-order valence-electron chi connectivity index (χ0n) is 14.5. The Morgan fingerprint density at radius 1 is 1.33 bits per heavy atom. The molecule has 0 radical (unpaired) electrons. The highest BCUT2D eigenvalue weighted by molar-refractivity contribution is 5.95. The van der Waals surface area contributed by atoms with Gasteiger partial charge in [0.2, 0.25) is 5.91 Å². The van der Waals surface area contributed by atoms with Crippen LogP contribution in [-0.4, -0.2) is 12.5 Å². The van der Waals surface area contributed by atoms with Crippen molar-refractivity contribution in [2.24, 2.45) is 11.3 Å². The fourth-order valence-electron chi connectivity index (χ4n) is 1.97. The van der Waals surface area contributed by atoms with Gasteiger partial charge in [0, 0.05) is 11.1 Å². The molecule has 3 nitrogen and oxygen atoms in total. The lowest BCUT2D eigenvalue weighted by Gasteiger charge is -2.22.